The molecule has 0 aliphatic heterocycles. The molecule has 0 aliphatic carbocycles. The van der Waals surface area contributed by atoms with Crippen LogP contribution in [0.15, 0.2) is 72.8 Å². The van der Waals surface area contributed by atoms with Crippen molar-refractivity contribution in [2.75, 3.05) is 18.5 Å². The number of carbonyl (C=O) groups excluding carboxylic acids is 1. The number of anilines is 1. The number of amides is 1. The lowest BCUT2D eigenvalue weighted by Gasteiger charge is -2.11. The maximum absolute atomic E-state index is 12.4. The third-order valence-electron chi connectivity index (χ3n) is 3.63. The average molecular weight is 402 g/mol. The lowest BCUT2D eigenvalue weighted by atomic mass is 10.2. The number of carbonyl (C=O) groups is 1. The van der Waals surface area contributed by atoms with Crippen molar-refractivity contribution in [2.45, 2.75) is 0 Å². The highest BCUT2D eigenvalue weighted by Crippen LogP contribution is 2.23. The summed E-state index contributed by atoms with van der Waals surface area (Å²) in [4.78, 5) is 12.4. The summed E-state index contributed by atoms with van der Waals surface area (Å²) in [5.74, 6) is 1.11. The Bertz CT molecular complexity index is 916. The van der Waals surface area contributed by atoms with Crippen molar-refractivity contribution < 1.29 is 14.3 Å². The van der Waals surface area contributed by atoms with E-state index in [1.54, 1.807) is 30.3 Å². The van der Waals surface area contributed by atoms with Gasteiger partial charge in [0.05, 0.1) is 10.6 Å². The molecular formula is C21H17Cl2NO3. The summed E-state index contributed by atoms with van der Waals surface area (Å²) < 4.78 is 11.3. The molecule has 0 atom stereocenters. The number of benzene rings is 3. The van der Waals surface area contributed by atoms with Gasteiger partial charge in [0.2, 0.25) is 0 Å². The standard InChI is InChI=1S/C21H17Cl2NO3/c22-15-9-10-19(20(23)13-15)21(25)24-16-5-4-8-18(14-16)27-12-11-26-17-6-2-1-3-7-17/h1-10,13-14H,11-12H2,(H,24,25). The number of para-hydroxylation sites is 1. The Balaban J connectivity index is 1.54. The summed E-state index contributed by atoms with van der Waals surface area (Å²) in [6.45, 7) is 0.802. The van der Waals surface area contributed by atoms with Gasteiger partial charge in [-0.25, -0.2) is 0 Å². The van der Waals surface area contributed by atoms with Gasteiger partial charge in [-0.05, 0) is 42.5 Å². The van der Waals surface area contributed by atoms with E-state index >= 15 is 0 Å². The zero-order chi connectivity index (χ0) is 19.1. The van der Waals surface area contributed by atoms with Gasteiger partial charge in [0, 0.05) is 16.8 Å². The Morgan fingerprint density at radius 2 is 1.52 bits per heavy atom. The molecule has 3 aromatic rings. The molecule has 0 saturated carbocycles. The van der Waals surface area contributed by atoms with Gasteiger partial charge in [0.15, 0.2) is 0 Å². The number of halogens is 2. The van der Waals surface area contributed by atoms with E-state index in [0.29, 0.717) is 40.3 Å². The molecule has 0 fully saturated rings. The minimum absolute atomic E-state index is 0.297. The second-order valence-corrected chi connectivity index (χ2v) is 6.46. The summed E-state index contributed by atoms with van der Waals surface area (Å²) >= 11 is 11.9. The monoisotopic (exact) mass is 401 g/mol. The summed E-state index contributed by atoms with van der Waals surface area (Å²) in [6.07, 6.45) is 0. The van der Waals surface area contributed by atoms with Crippen molar-refractivity contribution in [3.05, 3.63) is 88.4 Å². The van der Waals surface area contributed by atoms with E-state index in [9.17, 15) is 4.79 Å². The summed E-state index contributed by atoms with van der Waals surface area (Å²) in [7, 11) is 0. The lowest BCUT2D eigenvalue weighted by molar-refractivity contribution is 0.102. The molecule has 0 aromatic heterocycles. The fourth-order valence-electron chi connectivity index (χ4n) is 2.37. The van der Waals surface area contributed by atoms with Crippen molar-refractivity contribution >= 4 is 34.8 Å². The summed E-state index contributed by atoms with van der Waals surface area (Å²) in [6, 6.07) is 21.4. The first kappa shape index (κ1) is 19.1. The largest absolute Gasteiger partial charge is 0.490 e. The van der Waals surface area contributed by atoms with E-state index in [1.165, 1.54) is 6.07 Å². The summed E-state index contributed by atoms with van der Waals surface area (Å²) in [5, 5.41) is 3.57. The molecule has 0 unspecified atom stereocenters. The van der Waals surface area contributed by atoms with Crippen molar-refractivity contribution in [2.24, 2.45) is 0 Å². The van der Waals surface area contributed by atoms with Gasteiger partial charge in [0.25, 0.3) is 5.91 Å². The number of rotatable bonds is 7. The van der Waals surface area contributed by atoms with Gasteiger partial charge in [-0.2, -0.15) is 0 Å². The van der Waals surface area contributed by atoms with Gasteiger partial charge in [-0.3, -0.25) is 4.79 Å². The smallest absolute Gasteiger partial charge is 0.257 e. The van der Waals surface area contributed by atoms with Gasteiger partial charge in [0.1, 0.15) is 24.7 Å². The Hall–Kier alpha value is -2.69. The molecule has 1 amide bonds. The molecule has 27 heavy (non-hydrogen) atoms. The van der Waals surface area contributed by atoms with Crippen molar-refractivity contribution in [1.29, 1.82) is 0 Å². The second kappa shape index (κ2) is 9.31. The number of ether oxygens (including phenoxy) is 2. The van der Waals surface area contributed by atoms with E-state index < -0.39 is 0 Å². The van der Waals surface area contributed by atoms with Crippen LogP contribution in [0.5, 0.6) is 11.5 Å². The first-order chi connectivity index (χ1) is 13.1. The van der Waals surface area contributed by atoms with E-state index in [0.717, 1.165) is 5.75 Å². The topological polar surface area (TPSA) is 47.6 Å². The average Bonchev–Trinajstić information content (AvgIpc) is 2.66. The predicted octanol–water partition coefficient (Wildman–Crippen LogP) is 5.70. The van der Waals surface area contributed by atoms with Gasteiger partial charge < -0.3 is 14.8 Å². The SMILES string of the molecule is O=C(Nc1cccc(OCCOc2ccccc2)c1)c1ccc(Cl)cc1Cl. The van der Waals surface area contributed by atoms with E-state index in [-0.39, 0.29) is 5.91 Å². The quantitative estimate of drug-likeness (QED) is 0.516. The summed E-state index contributed by atoms with van der Waals surface area (Å²) in [5.41, 5.74) is 0.955. The third kappa shape index (κ3) is 5.64. The Kier molecular flexibility index (Phi) is 6.58. The number of nitrogens with one attached hydrogen (secondary N) is 1. The third-order valence-corrected chi connectivity index (χ3v) is 4.18. The van der Waals surface area contributed by atoms with Crippen molar-refractivity contribution in [1.82, 2.24) is 0 Å². The highest BCUT2D eigenvalue weighted by atomic mass is 35.5. The molecule has 0 heterocycles. The van der Waals surface area contributed by atoms with Crippen LogP contribution < -0.4 is 14.8 Å². The van der Waals surface area contributed by atoms with E-state index in [4.69, 9.17) is 32.7 Å². The van der Waals surface area contributed by atoms with Crippen LogP contribution in [0.2, 0.25) is 10.0 Å². The molecule has 0 aliphatic rings. The minimum atomic E-state index is -0.318. The van der Waals surface area contributed by atoms with Crippen LogP contribution in [-0.2, 0) is 0 Å². The molecule has 1 N–H and O–H groups in total. The molecule has 6 heteroatoms. The Morgan fingerprint density at radius 1 is 0.815 bits per heavy atom. The number of hydrogen-bond acceptors (Lipinski definition) is 3. The van der Waals surface area contributed by atoms with Crippen molar-refractivity contribution in [3.63, 3.8) is 0 Å². The normalized spacial score (nSPS) is 10.3. The van der Waals surface area contributed by atoms with Crippen LogP contribution in [0.25, 0.3) is 0 Å². The highest BCUT2D eigenvalue weighted by Gasteiger charge is 2.11. The van der Waals surface area contributed by atoms with Gasteiger partial charge in [-0.1, -0.05) is 47.5 Å². The molecule has 0 radical (unpaired) electrons. The predicted molar refractivity (Wildman–Crippen MR) is 108 cm³/mol. The van der Waals surface area contributed by atoms with Crippen LogP contribution in [0.4, 0.5) is 5.69 Å². The van der Waals surface area contributed by atoms with Crippen LogP contribution in [0.1, 0.15) is 10.4 Å². The first-order valence-electron chi connectivity index (χ1n) is 8.29. The maximum Gasteiger partial charge on any atom is 0.257 e. The maximum atomic E-state index is 12.4. The van der Waals surface area contributed by atoms with Crippen LogP contribution >= 0.6 is 23.2 Å². The van der Waals surface area contributed by atoms with Gasteiger partial charge >= 0.3 is 0 Å². The van der Waals surface area contributed by atoms with Gasteiger partial charge in [-0.15, -0.1) is 0 Å². The zero-order valence-corrected chi connectivity index (χ0v) is 15.8. The van der Waals surface area contributed by atoms with Crippen molar-refractivity contribution in [3.8, 4) is 11.5 Å². The lowest BCUT2D eigenvalue weighted by Crippen LogP contribution is -2.13. The van der Waals surface area contributed by atoms with Crippen LogP contribution in [-0.4, -0.2) is 19.1 Å². The van der Waals surface area contributed by atoms with E-state index in [1.807, 2.05) is 36.4 Å². The fraction of sp³-hybridized carbons (Fsp3) is 0.0952. The molecule has 0 bridgehead atoms. The molecule has 4 nitrogen and oxygen atoms in total. The molecule has 3 aromatic carbocycles. The molecule has 138 valence electrons. The zero-order valence-electron chi connectivity index (χ0n) is 14.3. The van der Waals surface area contributed by atoms with E-state index in [2.05, 4.69) is 5.32 Å². The van der Waals surface area contributed by atoms with Crippen LogP contribution in [0.3, 0.4) is 0 Å². The minimum Gasteiger partial charge on any atom is -0.490 e. The fourth-order valence-corrected chi connectivity index (χ4v) is 2.87. The molecule has 3 rings (SSSR count). The molecule has 0 spiro atoms. The molecular weight excluding hydrogens is 385 g/mol. The Labute approximate surface area is 167 Å². The number of hydrogen-bond donors (Lipinski definition) is 1. The molecule has 0 saturated heterocycles. The second-order valence-electron chi connectivity index (χ2n) is 5.62. The van der Waals surface area contributed by atoms with Crippen LogP contribution in [0, 0.1) is 0 Å². The Morgan fingerprint density at radius 3 is 2.26 bits per heavy atom. The first-order valence-corrected chi connectivity index (χ1v) is 9.04. The highest BCUT2D eigenvalue weighted by molar-refractivity contribution is 6.37.